The number of carbonyl (C=O) groups excluding carboxylic acids is 2. The molecule has 2 N–H and O–H groups in total. The topological polar surface area (TPSA) is 58.2 Å². The van der Waals surface area contributed by atoms with Crippen molar-refractivity contribution in [2.24, 2.45) is 0 Å². The third kappa shape index (κ3) is 3.66. The van der Waals surface area contributed by atoms with Gasteiger partial charge in [-0.3, -0.25) is 9.59 Å². The molecule has 0 fully saturated rings. The number of nitrogens with one attached hydrogen (secondary N) is 2. The second kappa shape index (κ2) is 6.65. The summed E-state index contributed by atoms with van der Waals surface area (Å²) in [5, 5.41) is 5.16. The summed E-state index contributed by atoms with van der Waals surface area (Å²) in [6.45, 7) is 0. The molecular weight excluding hydrogens is 271 g/mol. The molecule has 5 heteroatoms. The first-order valence-electron chi connectivity index (χ1n) is 6.46. The first kappa shape index (κ1) is 14.7. The van der Waals surface area contributed by atoms with Crippen LogP contribution in [0.4, 0.5) is 10.1 Å². The average molecular weight is 286 g/mol. The van der Waals surface area contributed by atoms with Crippen LogP contribution in [0.3, 0.4) is 0 Å². The smallest absolute Gasteiger partial charge is 0.258 e. The van der Waals surface area contributed by atoms with Gasteiger partial charge in [0.25, 0.3) is 5.91 Å². The predicted molar refractivity (Wildman–Crippen MR) is 78.6 cm³/mol. The van der Waals surface area contributed by atoms with Crippen molar-refractivity contribution in [3.63, 3.8) is 0 Å². The number of hydrogen-bond acceptors (Lipinski definition) is 2. The van der Waals surface area contributed by atoms with Gasteiger partial charge in [-0.15, -0.1) is 0 Å². The van der Waals surface area contributed by atoms with E-state index >= 15 is 0 Å². The maximum absolute atomic E-state index is 13.6. The van der Waals surface area contributed by atoms with E-state index in [9.17, 15) is 14.0 Å². The molecule has 2 rings (SSSR count). The number of amides is 2. The lowest BCUT2D eigenvalue weighted by atomic mass is 10.1. The van der Waals surface area contributed by atoms with Crippen molar-refractivity contribution < 1.29 is 14.0 Å². The van der Waals surface area contributed by atoms with Crippen molar-refractivity contribution in [3.05, 3.63) is 65.5 Å². The molecule has 0 saturated heterocycles. The van der Waals surface area contributed by atoms with Crippen molar-refractivity contribution in [2.45, 2.75) is 6.42 Å². The number of halogens is 1. The lowest BCUT2D eigenvalue weighted by molar-refractivity contribution is -0.119. The number of carbonyl (C=O) groups is 2. The lowest BCUT2D eigenvalue weighted by Crippen LogP contribution is -2.21. The molecule has 0 unspecified atom stereocenters. The van der Waals surface area contributed by atoms with E-state index in [0.29, 0.717) is 11.3 Å². The monoisotopic (exact) mass is 286 g/mol. The van der Waals surface area contributed by atoms with Crippen molar-refractivity contribution in [1.82, 2.24) is 5.32 Å². The maximum Gasteiger partial charge on any atom is 0.258 e. The third-order valence-electron chi connectivity index (χ3n) is 3.01. The van der Waals surface area contributed by atoms with E-state index < -0.39 is 11.7 Å². The summed E-state index contributed by atoms with van der Waals surface area (Å²) in [7, 11) is 1.54. The fraction of sp³-hybridized carbons (Fsp3) is 0.125. The van der Waals surface area contributed by atoms with Crippen molar-refractivity contribution >= 4 is 17.5 Å². The maximum atomic E-state index is 13.6. The summed E-state index contributed by atoms with van der Waals surface area (Å²) in [6.07, 6.45) is 0.143. The minimum atomic E-state index is -0.584. The fourth-order valence-electron chi connectivity index (χ4n) is 1.89. The Morgan fingerprint density at radius 1 is 1.05 bits per heavy atom. The highest BCUT2D eigenvalue weighted by Crippen LogP contribution is 2.17. The number of anilines is 1. The van der Waals surface area contributed by atoms with Gasteiger partial charge < -0.3 is 10.6 Å². The van der Waals surface area contributed by atoms with Gasteiger partial charge in [0.15, 0.2) is 0 Å². The molecule has 2 aromatic rings. The largest absolute Gasteiger partial charge is 0.359 e. The highest BCUT2D eigenvalue weighted by molar-refractivity contribution is 6.05. The van der Waals surface area contributed by atoms with E-state index in [1.165, 1.54) is 18.2 Å². The van der Waals surface area contributed by atoms with Gasteiger partial charge in [-0.05, 0) is 23.8 Å². The Labute approximate surface area is 122 Å². The molecule has 0 radical (unpaired) electrons. The molecule has 0 aliphatic carbocycles. The van der Waals surface area contributed by atoms with Crippen molar-refractivity contribution in [3.8, 4) is 0 Å². The van der Waals surface area contributed by atoms with E-state index in [1.54, 1.807) is 37.4 Å². The Morgan fingerprint density at radius 3 is 2.43 bits per heavy atom. The van der Waals surface area contributed by atoms with Gasteiger partial charge in [-0.2, -0.15) is 0 Å². The normalized spacial score (nSPS) is 10.0. The molecular formula is C16H15FN2O2. The van der Waals surface area contributed by atoms with Crippen LogP contribution < -0.4 is 10.6 Å². The molecule has 108 valence electrons. The van der Waals surface area contributed by atoms with Gasteiger partial charge in [0, 0.05) is 12.7 Å². The van der Waals surface area contributed by atoms with Crippen LogP contribution in [0.5, 0.6) is 0 Å². The number of benzene rings is 2. The lowest BCUT2D eigenvalue weighted by Gasteiger charge is -2.11. The van der Waals surface area contributed by atoms with E-state index in [1.807, 2.05) is 0 Å². The van der Waals surface area contributed by atoms with Crippen LogP contribution in [0.15, 0.2) is 48.5 Å². The van der Waals surface area contributed by atoms with Crippen LogP contribution in [0.1, 0.15) is 15.9 Å². The number of likely N-dealkylation sites (N-methyl/N-ethyl adjacent to an activating group) is 1. The zero-order valence-electron chi connectivity index (χ0n) is 11.5. The Bertz CT molecular complexity index is 671. The molecule has 4 nitrogen and oxygen atoms in total. The molecule has 0 heterocycles. The van der Waals surface area contributed by atoms with Crippen LogP contribution in [0.25, 0.3) is 0 Å². The minimum Gasteiger partial charge on any atom is -0.359 e. The molecule has 0 bridgehead atoms. The zero-order valence-corrected chi connectivity index (χ0v) is 11.5. The van der Waals surface area contributed by atoms with Gasteiger partial charge in [-0.25, -0.2) is 4.39 Å². The summed E-state index contributed by atoms with van der Waals surface area (Å²) in [5.41, 5.74) is 1.13. The Kier molecular flexibility index (Phi) is 4.66. The van der Waals surface area contributed by atoms with Gasteiger partial charge in [-0.1, -0.05) is 30.3 Å². The third-order valence-corrected chi connectivity index (χ3v) is 3.01. The highest BCUT2D eigenvalue weighted by atomic mass is 19.1. The first-order chi connectivity index (χ1) is 10.1. The summed E-state index contributed by atoms with van der Waals surface area (Å²) in [6, 6.07) is 12.7. The van der Waals surface area contributed by atoms with E-state index in [0.717, 1.165) is 0 Å². The Balaban J connectivity index is 2.22. The molecule has 0 atom stereocenters. The number of rotatable bonds is 4. The Hall–Kier alpha value is -2.69. The van der Waals surface area contributed by atoms with Crippen LogP contribution in [0.2, 0.25) is 0 Å². The van der Waals surface area contributed by atoms with E-state index in [4.69, 9.17) is 0 Å². The Morgan fingerprint density at radius 2 is 1.71 bits per heavy atom. The average Bonchev–Trinajstić information content (AvgIpc) is 2.49. The van der Waals surface area contributed by atoms with E-state index in [-0.39, 0.29) is 17.9 Å². The van der Waals surface area contributed by atoms with E-state index in [2.05, 4.69) is 10.6 Å². The predicted octanol–water partition coefficient (Wildman–Crippen LogP) is 2.37. The number of para-hydroxylation sites is 1. The van der Waals surface area contributed by atoms with Gasteiger partial charge in [0.05, 0.1) is 12.0 Å². The van der Waals surface area contributed by atoms with Crippen LogP contribution >= 0.6 is 0 Å². The molecule has 0 aromatic heterocycles. The van der Waals surface area contributed by atoms with Crippen molar-refractivity contribution in [1.29, 1.82) is 0 Å². The quantitative estimate of drug-likeness (QED) is 0.906. The molecule has 2 aromatic carbocycles. The van der Waals surface area contributed by atoms with Gasteiger partial charge in [0.2, 0.25) is 5.91 Å². The highest BCUT2D eigenvalue weighted by Gasteiger charge is 2.13. The molecule has 0 saturated carbocycles. The standard InChI is InChI=1S/C16H15FN2O2/c1-18-15(20)10-11-6-2-5-9-14(11)19-16(21)12-7-3-4-8-13(12)17/h2-9H,10H2,1H3,(H,18,20)(H,19,21). The van der Waals surface area contributed by atoms with Crippen LogP contribution in [-0.4, -0.2) is 18.9 Å². The first-order valence-corrected chi connectivity index (χ1v) is 6.46. The summed E-state index contributed by atoms with van der Waals surface area (Å²) >= 11 is 0. The molecule has 21 heavy (non-hydrogen) atoms. The summed E-state index contributed by atoms with van der Waals surface area (Å²) in [5.74, 6) is -1.29. The second-order valence-electron chi connectivity index (χ2n) is 4.44. The van der Waals surface area contributed by atoms with Gasteiger partial charge >= 0.3 is 0 Å². The van der Waals surface area contributed by atoms with Crippen LogP contribution in [0, 0.1) is 5.82 Å². The van der Waals surface area contributed by atoms with Crippen LogP contribution in [-0.2, 0) is 11.2 Å². The molecule has 0 aliphatic rings. The second-order valence-corrected chi connectivity index (χ2v) is 4.44. The zero-order chi connectivity index (χ0) is 15.2. The molecule has 0 spiro atoms. The van der Waals surface area contributed by atoms with Gasteiger partial charge in [0.1, 0.15) is 5.82 Å². The summed E-state index contributed by atoms with van der Waals surface area (Å²) in [4.78, 5) is 23.6. The minimum absolute atomic E-state index is 0.0350. The molecule has 2 amide bonds. The molecule has 0 aliphatic heterocycles. The summed E-state index contributed by atoms with van der Waals surface area (Å²) < 4.78 is 13.6. The fourth-order valence-corrected chi connectivity index (χ4v) is 1.89. The van der Waals surface area contributed by atoms with Crippen molar-refractivity contribution in [2.75, 3.05) is 12.4 Å². The SMILES string of the molecule is CNC(=O)Cc1ccccc1NC(=O)c1ccccc1F. The number of hydrogen-bond donors (Lipinski definition) is 2.